The van der Waals surface area contributed by atoms with E-state index in [4.69, 9.17) is 9.84 Å². The molecule has 0 spiro atoms. The van der Waals surface area contributed by atoms with E-state index >= 15 is 0 Å². The molecule has 0 radical (unpaired) electrons. The van der Waals surface area contributed by atoms with Crippen molar-refractivity contribution in [2.75, 3.05) is 6.61 Å². The normalized spacial score (nSPS) is 37.1. The van der Waals surface area contributed by atoms with Gasteiger partial charge in [-0.2, -0.15) is 0 Å². The van der Waals surface area contributed by atoms with Crippen LogP contribution in [-0.4, -0.2) is 35.9 Å². The maximum absolute atomic E-state index is 11.0. The predicted molar refractivity (Wildman–Crippen MR) is 69.5 cm³/mol. The number of carboxylic acid groups (broad SMARTS) is 1. The van der Waals surface area contributed by atoms with Crippen LogP contribution in [0.5, 0.6) is 0 Å². The molecule has 104 valence electrons. The summed E-state index contributed by atoms with van der Waals surface area (Å²) in [5.74, 6) is -0.141. The van der Waals surface area contributed by atoms with Crippen molar-refractivity contribution in [1.82, 2.24) is 5.32 Å². The lowest BCUT2D eigenvalue weighted by atomic mass is 9.67. The number of hydrogen-bond donors (Lipinski definition) is 2. The Kier molecular flexibility index (Phi) is 3.97. The van der Waals surface area contributed by atoms with Gasteiger partial charge >= 0.3 is 5.97 Å². The lowest BCUT2D eigenvalue weighted by Gasteiger charge is -2.46. The van der Waals surface area contributed by atoms with Crippen LogP contribution in [0.15, 0.2) is 0 Å². The minimum absolute atomic E-state index is 0.212. The fourth-order valence-electron chi connectivity index (χ4n) is 3.19. The maximum Gasteiger partial charge on any atom is 0.323 e. The minimum atomic E-state index is -0.801. The van der Waals surface area contributed by atoms with E-state index in [0.29, 0.717) is 17.9 Å². The molecule has 1 saturated carbocycles. The number of carboxylic acids is 1. The number of nitrogens with one attached hydrogen (secondary N) is 1. The van der Waals surface area contributed by atoms with Gasteiger partial charge < -0.3 is 9.84 Å². The molecule has 4 nitrogen and oxygen atoms in total. The smallest absolute Gasteiger partial charge is 0.323 e. The van der Waals surface area contributed by atoms with Crippen LogP contribution in [0.1, 0.15) is 46.5 Å². The van der Waals surface area contributed by atoms with Gasteiger partial charge in [0.2, 0.25) is 0 Å². The van der Waals surface area contributed by atoms with Crippen molar-refractivity contribution in [3.63, 3.8) is 0 Å². The summed E-state index contributed by atoms with van der Waals surface area (Å²) in [4.78, 5) is 11.0. The van der Waals surface area contributed by atoms with E-state index < -0.39 is 12.0 Å². The van der Waals surface area contributed by atoms with Crippen LogP contribution in [0.4, 0.5) is 0 Å². The monoisotopic (exact) mass is 255 g/mol. The first-order valence-electron chi connectivity index (χ1n) is 7.04. The molecule has 0 aromatic carbocycles. The number of morpholine rings is 1. The third-order valence-corrected chi connectivity index (χ3v) is 4.99. The van der Waals surface area contributed by atoms with Crippen LogP contribution < -0.4 is 5.32 Å². The summed E-state index contributed by atoms with van der Waals surface area (Å²) in [5, 5.41) is 12.3. The summed E-state index contributed by atoms with van der Waals surface area (Å²) in [5.41, 5.74) is 0.336. The first-order valence-corrected chi connectivity index (χ1v) is 7.04. The average Bonchev–Trinajstić information content (AvgIpc) is 2.37. The molecule has 0 amide bonds. The molecular weight excluding hydrogens is 230 g/mol. The van der Waals surface area contributed by atoms with E-state index in [1.165, 1.54) is 6.42 Å². The molecule has 2 N–H and O–H groups in total. The van der Waals surface area contributed by atoms with Gasteiger partial charge in [0.15, 0.2) is 0 Å². The van der Waals surface area contributed by atoms with Gasteiger partial charge in [0, 0.05) is 6.04 Å². The highest BCUT2D eigenvalue weighted by atomic mass is 16.5. The Morgan fingerprint density at radius 1 is 1.44 bits per heavy atom. The minimum Gasteiger partial charge on any atom is -0.480 e. The quantitative estimate of drug-likeness (QED) is 0.810. The molecule has 2 aliphatic rings. The first kappa shape index (κ1) is 13.8. The number of hydrogen-bond acceptors (Lipinski definition) is 3. The van der Waals surface area contributed by atoms with Gasteiger partial charge in [-0.1, -0.05) is 27.2 Å². The lowest BCUT2D eigenvalue weighted by Crippen LogP contribution is -2.59. The number of aliphatic carboxylic acids is 1. The van der Waals surface area contributed by atoms with E-state index in [9.17, 15) is 4.79 Å². The second-order valence-electron chi connectivity index (χ2n) is 6.39. The summed E-state index contributed by atoms with van der Waals surface area (Å²) in [6.07, 6.45) is 4.66. The van der Waals surface area contributed by atoms with Crippen molar-refractivity contribution in [1.29, 1.82) is 0 Å². The Morgan fingerprint density at radius 2 is 2.17 bits per heavy atom. The Labute approximate surface area is 109 Å². The lowest BCUT2D eigenvalue weighted by molar-refractivity contribution is -0.148. The van der Waals surface area contributed by atoms with E-state index in [0.717, 1.165) is 19.3 Å². The summed E-state index contributed by atoms with van der Waals surface area (Å²) in [6, 6.07) is -0.320. The topological polar surface area (TPSA) is 58.6 Å². The molecule has 1 saturated heterocycles. The van der Waals surface area contributed by atoms with Crippen LogP contribution in [-0.2, 0) is 9.53 Å². The second kappa shape index (κ2) is 5.17. The molecule has 0 aromatic rings. The molecule has 0 aromatic heterocycles. The van der Waals surface area contributed by atoms with E-state index in [1.807, 2.05) is 0 Å². The van der Waals surface area contributed by atoms with Crippen molar-refractivity contribution in [3.8, 4) is 0 Å². The van der Waals surface area contributed by atoms with Crippen molar-refractivity contribution >= 4 is 5.97 Å². The number of fused-ring (bicyclic) bond motifs is 1. The highest BCUT2D eigenvalue weighted by molar-refractivity contribution is 5.73. The zero-order valence-corrected chi connectivity index (χ0v) is 11.6. The van der Waals surface area contributed by atoms with Crippen LogP contribution in [0.25, 0.3) is 0 Å². The fourth-order valence-corrected chi connectivity index (χ4v) is 3.19. The molecule has 4 unspecified atom stereocenters. The van der Waals surface area contributed by atoms with Gasteiger partial charge in [0.05, 0.1) is 12.7 Å². The largest absolute Gasteiger partial charge is 0.480 e. The molecule has 0 bridgehead atoms. The Hall–Kier alpha value is -0.610. The van der Waals surface area contributed by atoms with Crippen molar-refractivity contribution < 1.29 is 14.6 Å². The summed E-state index contributed by atoms with van der Waals surface area (Å²) >= 11 is 0. The van der Waals surface area contributed by atoms with Gasteiger partial charge in [-0.25, -0.2) is 0 Å². The number of ether oxygens (including phenoxy) is 1. The van der Waals surface area contributed by atoms with Gasteiger partial charge in [-0.05, 0) is 30.6 Å². The molecule has 1 aliphatic heterocycles. The molecule has 1 aliphatic carbocycles. The Bertz CT molecular complexity index is 316. The zero-order chi connectivity index (χ0) is 13.3. The van der Waals surface area contributed by atoms with Gasteiger partial charge in [-0.3, -0.25) is 10.1 Å². The second-order valence-corrected chi connectivity index (χ2v) is 6.39. The highest BCUT2D eigenvalue weighted by Crippen LogP contribution is 2.41. The third kappa shape index (κ3) is 2.69. The van der Waals surface area contributed by atoms with Gasteiger partial charge in [0.1, 0.15) is 6.04 Å². The van der Waals surface area contributed by atoms with E-state index in [-0.39, 0.29) is 12.1 Å². The molecule has 2 rings (SSSR count). The first-order chi connectivity index (χ1) is 8.44. The number of rotatable bonds is 3. The van der Waals surface area contributed by atoms with Crippen LogP contribution in [0.3, 0.4) is 0 Å². The maximum atomic E-state index is 11.0. The Morgan fingerprint density at radius 3 is 2.78 bits per heavy atom. The standard InChI is InChI=1S/C14H25NO3/c1-4-14(2,3)9-5-6-12-10(7-9)15-11(8-18-12)13(16)17/h9-12,15H,4-8H2,1-3H3,(H,16,17). The molecule has 18 heavy (non-hydrogen) atoms. The zero-order valence-electron chi connectivity index (χ0n) is 11.6. The van der Waals surface area contributed by atoms with Crippen molar-refractivity contribution in [2.24, 2.45) is 11.3 Å². The fraction of sp³-hybridized carbons (Fsp3) is 0.929. The van der Waals surface area contributed by atoms with E-state index in [2.05, 4.69) is 26.1 Å². The molecule has 4 atom stereocenters. The number of carbonyl (C=O) groups is 1. The van der Waals surface area contributed by atoms with Crippen molar-refractivity contribution in [3.05, 3.63) is 0 Å². The SMILES string of the molecule is CCC(C)(C)C1CCC2OCC(C(=O)O)NC2C1. The van der Waals surface area contributed by atoms with Crippen LogP contribution >= 0.6 is 0 Å². The Balaban J connectivity index is 2.00. The summed E-state index contributed by atoms with van der Waals surface area (Å²) in [6.45, 7) is 7.17. The van der Waals surface area contributed by atoms with Crippen molar-refractivity contribution in [2.45, 2.75) is 64.6 Å². The molecule has 2 fully saturated rings. The molecule has 4 heteroatoms. The van der Waals surface area contributed by atoms with E-state index in [1.54, 1.807) is 0 Å². The molecular formula is C14H25NO3. The predicted octanol–water partition coefficient (Wildman–Crippen LogP) is 2.03. The van der Waals surface area contributed by atoms with Crippen LogP contribution in [0, 0.1) is 11.3 Å². The highest BCUT2D eigenvalue weighted by Gasteiger charge is 2.41. The van der Waals surface area contributed by atoms with Crippen LogP contribution in [0.2, 0.25) is 0 Å². The molecule has 1 heterocycles. The summed E-state index contributed by atoms with van der Waals surface area (Å²) < 4.78 is 5.71. The van der Waals surface area contributed by atoms with Gasteiger partial charge in [-0.15, -0.1) is 0 Å². The average molecular weight is 255 g/mol. The third-order valence-electron chi connectivity index (χ3n) is 4.99. The summed E-state index contributed by atoms with van der Waals surface area (Å²) in [7, 11) is 0. The van der Waals surface area contributed by atoms with Gasteiger partial charge in [0.25, 0.3) is 0 Å².